The molecule has 0 aliphatic heterocycles. The minimum absolute atomic E-state index is 0.189. The number of rotatable bonds is 6. The molecule has 0 aliphatic rings. The molecule has 2 aromatic carbocycles. The summed E-state index contributed by atoms with van der Waals surface area (Å²) in [5, 5.41) is 13.7. The number of halogens is 1. The van der Waals surface area contributed by atoms with Crippen molar-refractivity contribution in [2.45, 2.75) is 19.9 Å². The Balaban J connectivity index is 2.33. The van der Waals surface area contributed by atoms with Gasteiger partial charge in [0, 0.05) is 22.8 Å². The Morgan fingerprint density at radius 2 is 1.93 bits per heavy atom. The zero-order chi connectivity index (χ0) is 20.4. The lowest BCUT2D eigenvalue weighted by molar-refractivity contribution is -0.384. The molecule has 0 fully saturated rings. The number of hydrogen-bond donors (Lipinski definition) is 1. The van der Waals surface area contributed by atoms with E-state index in [0.29, 0.717) is 5.02 Å². The molecule has 0 saturated carbocycles. The number of sulfonamides is 1. The fourth-order valence-electron chi connectivity index (χ4n) is 2.47. The van der Waals surface area contributed by atoms with E-state index in [1.54, 1.807) is 19.1 Å². The Morgan fingerprint density at radius 1 is 1.26 bits per heavy atom. The Morgan fingerprint density at radius 3 is 2.48 bits per heavy atom. The zero-order valence-electron chi connectivity index (χ0n) is 14.8. The van der Waals surface area contributed by atoms with Crippen molar-refractivity contribution < 1.29 is 18.1 Å². The van der Waals surface area contributed by atoms with Gasteiger partial charge in [0.1, 0.15) is 6.04 Å². The third-order valence-electron chi connectivity index (χ3n) is 3.82. The van der Waals surface area contributed by atoms with Gasteiger partial charge in [-0.15, -0.1) is 0 Å². The van der Waals surface area contributed by atoms with Gasteiger partial charge in [-0.3, -0.25) is 19.2 Å². The third-order valence-corrected chi connectivity index (χ3v) is 5.47. The Kier molecular flexibility index (Phi) is 6.07. The molecule has 0 aromatic heterocycles. The molecule has 1 N–H and O–H groups in total. The predicted octanol–water partition coefficient (Wildman–Crippen LogP) is 3.35. The number of amides is 1. The van der Waals surface area contributed by atoms with E-state index >= 15 is 0 Å². The molecule has 0 aliphatic carbocycles. The average Bonchev–Trinajstić information content (AvgIpc) is 2.57. The topological polar surface area (TPSA) is 110 Å². The van der Waals surface area contributed by atoms with Gasteiger partial charge in [0.15, 0.2) is 0 Å². The summed E-state index contributed by atoms with van der Waals surface area (Å²) in [7, 11) is -3.80. The summed E-state index contributed by atoms with van der Waals surface area (Å²) in [6, 6.07) is 8.94. The van der Waals surface area contributed by atoms with Crippen LogP contribution in [0.15, 0.2) is 42.5 Å². The SMILES string of the molecule is Cc1ccc(N([C@H](C)C(=O)Nc2cccc([N+](=O)[O-])c2)S(C)(=O)=O)cc1Cl. The first-order chi connectivity index (χ1) is 12.5. The maximum atomic E-state index is 12.6. The maximum absolute atomic E-state index is 12.6. The van der Waals surface area contributed by atoms with E-state index < -0.39 is 26.9 Å². The number of nitro benzene ring substituents is 1. The smallest absolute Gasteiger partial charge is 0.271 e. The first-order valence-corrected chi connectivity index (χ1v) is 10.0. The van der Waals surface area contributed by atoms with Crippen LogP contribution in [0, 0.1) is 17.0 Å². The van der Waals surface area contributed by atoms with Crippen molar-refractivity contribution >= 4 is 44.6 Å². The second kappa shape index (κ2) is 7.93. The minimum atomic E-state index is -3.80. The Labute approximate surface area is 162 Å². The van der Waals surface area contributed by atoms with E-state index in [1.807, 2.05) is 0 Å². The maximum Gasteiger partial charge on any atom is 0.271 e. The van der Waals surface area contributed by atoms with Crippen LogP contribution in [0.3, 0.4) is 0 Å². The van der Waals surface area contributed by atoms with Crippen LogP contribution in [0.5, 0.6) is 0 Å². The first kappa shape index (κ1) is 20.7. The molecule has 1 atom stereocenters. The van der Waals surface area contributed by atoms with Gasteiger partial charge in [0.25, 0.3) is 5.69 Å². The lowest BCUT2D eigenvalue weighted by Crippen LogP contribution is -2.45. The van der Waals surface area contributed by atoms with Gasteiger partial charge in [-0.25, -0.2) is 8.42 Å². The van der Waals surface area contributed by atoms with E-state index in [9.17, 15) is 23.3 Å². The van der Waals surface area contributed by atoms with Crippen molar-refractivity contribution in [3.05, 3.63) is 63.2 Å². The van der Waals surface area contributed by atoms with E-state index in [4.69, 9.17) is 11.6 Å². The van der Waals surface area contributed by atoms with E-state index in [1.165, 1.54) is 37.3 Å². The molecule has 0 bridgehead atoms. The molecule has 0 heterocycles. The summed E-state index contributed by atoms with van der Waals surface area (Å²) in [6.45, 7) is 3.19. The molecular weight excluding hydrogens is 394 g/mol. The molecule has 2 aromatic rings. The molecule has 0 radical (unpaired) electrons. The number of anilines is 2. The van der Waals surface area contributed by atoms with Crippen molar-refractivity contribution in [1.82, 2.24) is 0 Å². The third kappa shape index (κ3) is 4.95. The van der Waals surface area contributed by atoms with Crippen molar-refractivity contribution in [2.24, 2.45) is 0 Å². The standard InChI is InChI=1S/C17H18ClN3O5S/c1-11-7-8-14(10-16(11)18)20(27(3,25)26)12(2)17(22)19-13-5-4-6-15(9-13)21(23)24/h4-10,12H,1-3H3,(H,19,22)/t12-/m1/s1. The van der Waals surface area contributed by atoms with Gasteiger partial charge in [0.2, 0.25) is 15.9 Å². The van der Waals surface area contributed by atoms with Gasteiger partial charge >= 0.3 is 0 Å². The van der Waals surface area contributed by atoms with Crippen LogP contribution < -0.4 is 9.62 Å². The highest BCUT2D eigenvalue weighted by molar-refractivity contribution is 7.92. The summed E-state index contributed by atoms with van der Waals surface area (Å²) in [5.74, 6) is -0.641. The molecule has 8 nitrogen and oxygen atoms in total. The molecule has 10 heteroatoms. The van der Waals surface area contributed by atoms with Crippen LogP contribution in [0.2, 0.25) is 5.02 Å². The number of non-ortho nitro benzene ring substituents is 1. The van der Waals surface area contributed by atoms with Gasteiger partial charge in [0.05, 0.1) is 16.9 Å². The molecule has 2 rings (SSSR count). The molecule has 144 valence electrons. The first-order valence-electron chi connectivity index (χ1n) is 7.81. The van der Waals surface area contributed by atoms with E-state index in [0.717, 1.165) is 16.1 Å². The number of carbonyl (C=O) groups is 1. The van der Waals surface area contributed by atoms with Gasteiger partial charge < -0.3 is 5.32 Å². The second-order valence-corrected chi connectivity index (χ2v) is 8.23. The van der Waals surface area contributed by atoms with Crippen molar-refractivity contribution in [1.29, 1.82) is 0 Å². The zero-order valence-corrected chi connectivity index (χ0v) is 16.4. The monoisotopic (exact) mass is 411 g/mol. The number of nitrogens with one attached hydrogen (secondary N) is 1. The normalized spacial score (nSPS) is 12.3. The van der Waals surface area contributed by atoms with Crippen molar-refractivity contribution in [3.8, 4) is 0 Å². The van der Waals surface area contributed by atoms with Gasteiger partial charge in [-0.05, 0) is 37.6 Å². The minimum Gasteiger partial charge on any atom is -0.324 e. The number of hydrogen-bond acceptors (Lipinski definition) is 5. The van der Waals surface area contributed by atoms with Crippen LogP contribution in [0.4, 0.5) is 17.1 Å². The summed E-state index contributed by atoms with van der Waals surface area (Å²) < 4.78 is 25.5. The number of nitrogens with zero attached hydrogens (tertiary/aromatic N) is 2. The molecular formula is C17H18ClN3O5S. The van der Waals surface area contributed by atoms with Crippen LogP contribution >= 0.6 is 11.6 Å². The quantitative estimate of drug-likeness (QED) is 0.579. The van der Waals surface area contributed by atoms with Crippen LogP contribution in [-0.4, -0.2) is 31.5 Å². The van der Waals surface area contributed by atoms with Gasteiger partial charge in [-0.1, -0.05) is 23.7 Å². The fraction of sp³-hybridized carbons (Fsp3) is 0.235. The van der Waals surface area contributed by atoms with Crippen molar-refractivity contribution in [3.63, 3.8) is 0 Å². The summed E-state index contributed by atoms with van der Waals surface area (Å²) >= 11 is 6.08. The summed E-state index contributed by atoms with van der Waals surface area (Å²) in [4.78, 5) is 22.8. The fourth-order valence-corrected chi connectivity index (χ4v) is 3.81. The van der Waals surface area contributed by atoms with E-state index in [-0.39, 0.29) is 17.1 Å². The predicted molar refractivity (Wildman–Crippen MR) is 105 cm³/mol. The second-order valence-electron chi connectivity index (χ2n) is 5.96. The average molecular weight is 412 g/mol. The molecule has 1 amide bonds. The van der Waals surface area contributed by atoms with Gasteiger partial charge in [-0.2, -0.15) is 0 Å². The molecule has 0 spiro atoms. The molecule has 0 saturated heterocycles. The Hall–Kier alpha value is -2.65. The lowest BCUT2D eigenvalue weighted by atomic mass is 10.2. The summed E-state index contributed by atoms with van der Waals surface area (Å²) in [6.07, 6.45) is 0.984. The highest BCUT2D eigenvalue weighted by atomic mass is 35.5. The summed E-state index contributed by atoms with van der Waals surface area (Å²) in [5.41, 5.74) is 1.01. The number of aryl methyl sites for hydroxylation is 1. The number of carbonyl (C=O) groups excluding carboxylic acids is 1. The van der Waals surface area contributed by atoms with Crippen LogP contribution in [0.1, 0.15) is 12.5 Å². The number of nitro groups is 1. The number of benzene rings is 2. The lowest BCUT2D eigenvalue weighted by Gasteiger charge is -2.28. The molecule has 0 unspecified atom stereocenters. The van der Waals surface area contributed by atoms with Crippen molar-refractivity contribution in [2.75, 3.05) is 15.9 Å². The highest BCUT2D eigenvalue weighted by Gasteiger charge is 2.29. The van der Waals surface area contributed by atoms with Crippen LogP contribution in [-0.2, 0) is 14.8 Å². The van der Waals surface area contributed by atoms with E-state index in [2.05, 4.69) is 5.32 Å². The van der Waals surface area contributed by atoms with Crippen LogP contribution in [0.25, 0.3) is 0 Å². The molecule has 27 heavy (non-hydrogen) atoms. The highest BCUT2D eigenvalue weighted by Crippen LogP contribution is 2.27. The largest absolute Gasteiger partial charge is 0.324 e. The Bertz CT molecular complexity index is 994.